The number of hydrogen-bond acceptors (Lipinski definition) is 2. The van der Waals surface area contributed by atoms with Gasteiger partial charge in [-0.15, -0.1) is 0 Å². The van der Waals surface area contributed by atoms with Crippen molar-refractivity contribution in [2.75, 3.05) is 6.61 Å². The molecule has 13 heavy (non-hydrogen) atoms. The van der Waals surface area contributed by atoms with E-state index in [1.54, 1.807) is 0 Å². The third-order valence-electron chi connectivity index (χ3n) is 2.27. The molecular weight excluding hydrogens is 230 g/mol. The number of ether oxygens (including phenoxy) is 1. The Morgan fingerprint density at radius 1 is 1.54 bits per heavy atom. The van der Waals surface area contributed by atoms with Gasteiger partial charge < -0.3 is 10.5 Å². The molecule has 3 heteroatoms. The van der Waals surface area contributed by atoms with E-state index in [9.17, 15) is 0 Å². The van der Waals surface area contributed by atoms with E-state index in [2.05, 4.69) is 22.0 Å². The van der Waals surface area contributed by atoms with Gasteiger partial charge in [0.05, 0.1) is 6.61 Å². The number of hydrogen-bond donors (Lipinski definition) is 1. The van der Waals surface area contributed by atoms with E-state index in [-0.39, 0.29) is 6.04 Å². The van der Waals surface area contributed by atoms with Crippen LogP contribution in [0.2, 0.25) is 0 Å². The average molecular weight is 242 g/mol. The van der Waals surface area contributed by atoms with Crippen LogP contribution >= 0.6 is 15.9 Å². The summed E-state index contributed by atoms with van der Waals surface area (Å²) in [6.07, 6.45) is 0.995. The fourth-order valence-electron chi connectivity index (χ4n) is 1.64. The Balaban J connectivity index is 2.55. The van der Waals surface area contributed by atoms with Crippen LogP contribution in [0, 0.1) is 0 Å². The topological polar surface area (TPSA) is 35.2 Å². The van der Waals surface area contributed by atoms with Gasteiger partial charge in [-0.1, -0.05) is 15.9 Å². The highest BCUT2D eigenvalue weighted by molar-refractivity contribution is 9.10. The number of benzene rings is 1. The quantitative estimate of drug-likeness (QED) is 0.820. The predicted octanol–water partition coefficient (Wildman–Crippen LogP) is 2.40. The fourth-order valence-corrected chi connectivity index (χ4v) is 2.16. The molecule has 2 rings (SSSR count). The molecule has 1 aliphatic heterocycles. The zero-order valence-electron chi connectivity index (χ0n) is 7.51. The van der Waals surface area contributed by atoms with E-state index in [1.807, 2.05) is 13.0 Å². The molecule has 0 aromatic heterocycles. The van der Waals surface area contributed by atoms with Crippen LogP contribution in [-0.4, -0.2) is 6.61 Å². The van der Waals surface area contributed by atoms with E-state index < -0.39 is 0 Å². The summed E-state index contributed by atoms with van der Waals surface area (Å²) in [5.41, 5.74) is 8.22. The molecule has 0 fully saturated rings. The Morgan fingerprint density at radius 2 is 2.31 bits per heavy atom. The summed E-state index contributed by atoms with van der Waals surface area (Å²) in [7, 11) is 0. The Bertz CT molecular complexity index is 336. The molecule has 0 spiro atoms. The van der Waals surface area contributed by atoms with Gasteiger partial charge in [-0.05, 0) is 24.6 Å². The smallest absolute Gasteiger partial charge is 0.127 e. The second-order valence-electron chi connectivity index (χ2n) is 3.37. The van der Waals surface area contributed by atoms with E-state index in [0.717, 1.165) is 28.8 Å². The zero-order valence-corrected chi connectivity index (χ0v) is 9.10. The van der Waals surface area contributed by atoms with Crippen LogP contribution in [0.4, 0.5) is 0 Å². The van der Waals surface area contributed by atoms with Gasteiger partial charge >= 0.3 is 0 Å². The first-order chi connectivity index (χ1) is 6.18. The summed E-state index contributed by atoms with van der Waals surface area (Å²) in [6.45, 7) is 2.76. The van der Waals surface area contributed by atoms with E-state index in [4.69, 9.17) is 10.5 Å². The van der Waals surface area contributed by atoms with Gasteiger partial charge in [-0.3, -0.25) is 0 Å². The normalized spacial score (nSPS) is 16.5. The Kier molecular flexibility index (Phi) is 2.30. The summed E-state index contributed by atoms with van der Waals surface area (Å²) < 4.78 is 6.63. The third-order valence-corrected chi connectivity index (χ3v) is 2.73. The van der Waals surface area contributed by atoms with Crippen LogP contribution in [0.5, 0.6) is 5.75 Å². The molecule has 1 aromatic carbocycles. The highest BCUT2D eigenvalue weighted by Crippen LogP contribution is 2.35. The number of fused-ring (bicyclic) bond motifs is 1. The molecule has 0 unspecified atom stereocenters. The van der Waals surface area contributed by atoms with Gasteiger partial charge in [-0.2, -0.15) is 0 Å². The van der Waals surface area contributed by atoms with Crippen molar-refractivity contribution in [3.8, 4) is 5.75 Å². The lowest BCUT2D eigenvalue weighted by atomic mass is 10.0. The monoisotopic (exact) mass is 241 g/mol. The van der Waals surface area contributed by atoms with Crippen LogP contribution < -0.4 is 10.5 Å². The van der Waals surface area contributed by atoms with Gasteiger partial charge in [0, 0.05) is 22.5 Å². The van der Waals surface area contributed by atoms with Crippen molar-refractivity contribution in [3.05, 3.63) is 27.7 Å². The molecule has 0 saturated carbocycles. The van der Waals surface area contributed by atoms with Crippen LogP contribution in [0.3, 0.4) is 0 Å². The average Bonchev–Trinajstić information content (AvgIpc) is 2.49. The Labute approximate surface area is 86.2 Å². The summed E-state index contributed by atoms with van der Waals surface area (Å²) in [6, 6.07) is 4.17. The molecule has 70 valence electrons. The minimum absolute atomic E-state index is 0.0318. The third kappa shape index (κ3) is 1.58. The summed E-state index contributed by atoms with van der Waals surface area (Å²) in [5.74, 6) is 0.998. The highest BCUT2D eigenvalue weighted by Gasteiger charge is 2.18. The standard InChI is InChI=1S/C10H12BrNO/c1-6(12)9-5-8(11)4-7-2-3-13-10(7)9/h4-6H,2-3,12H2,1H3/t6-/m1/s1. The lowest BCUT2D eigenvalue weighted by Crippen LogP contribution is -2.06. The summed E-state index contributed by atoms with van der Waals surface area (Å²) >= 11 is 3.47. The number of rotatable bonds is 1. The van der Waals surface area contributed by atoms with Gasteiger partial charge in [0.25, 0.3) is 0 Å². The van der Waals surface area contributed by atoms with Crippen LogP contribution in [0.1, 0.15) is 24.1 Å². The van der Waals surface area contributed by atoms with Crippen LogP contribution in [0.25, 0.3) is 0 Å². The lowest BCUT2D eigenvalue weighted by molar-refractivity contribution is 0.352. The van der Waals surface area contributed by atoms with E-state index in [1.165, 1.54) is 5.56 Å². The van der Waals surface area contributed by atoms with Crippen molar-refractivity contribution < 1.29 is 4.74 Å². The first-order valence-electron chi connectivity index (χ1n) is 4.39. The Hall–Kier alpha value is -0.540. The first kappa shape index (κ1) is 9.03. The fraction of sp³-hybridized carbons (Fsp3) is 0.400. The van der Waals surface area contributed by atoms with Gasteiger partial charge in [0.1, 0.15) is 5.75 Å². The maximum absolute atomic E-state index is 5.85. The number of halogens is 1. The van der Waals surface area contributed by atoms with Crippen LogP contribution in [0.15, 0.2) is 16.6 Å². The molecule has 1 atom stereocenters. The molecule has 1 aliphatic rings. The van der Waals surface area contributed by atoms with Crippen molar-refractivity contribution in [2.24, 2.45) is 5.73 Å². The maximum Gasteiger partial charge on any atom is 0.127 e. The molecule has 0 bridgehead atoms. The second kappa shape index (κ2) is 3.31. The van der Waals surface area contributed by atoms with Crippen molar-refractivity contribution in [1.29, 1.82) is 0 Å². The molecule has 2 N–H and O–H groups in total. The Morgan fingerprint density at radius 3 is 3.00 bits per heavy atom. The molecule has 0 saturated heterocycles. The zero-order chi connectivity index (χ0) is 9.42. The van der Waals surface area contributed by atoms with Crippen molar-refractivity contribution in [2.45, 2.75) is 19.4 Å². The minimum atomic E-state index is 0.0318. The molecule has 0 radical (unpaired) electrons. The van der Waals surface area contributed by atoms with Crippen molar-refractivity contribution in [1.82, 2.24) is 0 Å². The van der Waals surface area contributed by atoms with Crippen LogP contribution in [-0.2, 0) is 6.42 Å². The maximum atomic E-state index is 5.85. The number of nitrogens with two attached hydrogens (primary N) is 1. The minimum Gasteiger partial charge on any atom is -0.493 e. The molecule has 2 nitrogen and oxygen atoms in total. The van der Waals surface area contributed by atoms with Crippen molar-refractivity contribution >= 4 is 15.9 Å². The molecular formula is C10H12BrNO. The molecule has 1 aromatic rings. The summed E-state index contributed by atoms with van der Waals surface area (Å²) in [4.78, 5) is 0. The molecule has 1 heterocycles. The summed E-state index contributed by atoms with van der Waals surface area (Å²) in [5, 5.41) is 0. The molecule has 0 amide bonds. The SMILES string of the molecule is C[C@@H](N)c1cc(Br)cc2c1OCC2. The highest BCUT2D eigenvalue weighted by atomic mass is 79.9. The lowest BCUT2D eigenvalue weighted by Gasteiger charge is -2.11. The second-order valence-corrected chi connectivity index (χ2v) is 4.29. The van der Waals surface area contributed by atoms with Gasteiger partial charge in [-0.25, -0.2) is 0 Å². The van der Waals surface area contributed by atoms with E-state index in [0.29, 0.717) is 0 Å². The van der Waals surface area contributed by atoms with Crippen molar-refractivity contribution in [3.63, 3.8) is 0 Å². The predicted molar refractivity (Wildman–Crippen MR) is 55.9 cm³/mol. The first-order valence-corrected chi connectivity index (χ1v) is 5.18. The van der Waals surface area contributed by atoms with E-state index >= 15 is 0 Å². The van der Waals surface area contributed by atoms with Gasteiger partial charge in [0.2, 0.25) is 0 Å². The van der Waals surface area contributed by atoms with Gasteiger partial charge in [0.15, 0.2) is 0 Å². The molecule has 0 aliphatic carbocycles. The largest absolute Gasteiger partial charge is 0.493 e.